The zero-order valence-corrected chi connectivity index (χ0v) is 12.7. The highest BCUT2D eigenvalue weighted by molar-refractivity contribution is 7.15. The summed E-state index contributed by atoms with van der Waals surface area (Å²) in [5.74, 6) is 0.941. The molecule has 1 N–H and O–H groups in total. The van der Waals surface area contributed by atoms with E-state index >= 15 is 0 Å². The number of ether oxygens (including phenoxy) is 2. The summed E-state index contributed by atoms with van der Waals surface area (Å²) in [4.78, 5) is 7.67. The molecule has 0 amide bonds. The van der Waals surface area contributed by atoms with Gasteiger partial charge in [0.05, 0.1) is 30.3 Å². The number of rotatable bonds is 4. The molecule has 1 aliphatic heterocycles. The number of aromatic nitrogens is 1. The molecule has 1 aromatic heterocycles. The van der Waals surface area contributed by atoms with Crippen LogP contribution in [0.15, 0.2) is 24.3 Å². The van der Waals surface area contributed by atoms with Crippen molar-refractivity contribution < 1.29 is 14.6 Å². The van der Waals surface area contributed by atoms with Crippen molar-refractivity contribution in [3.05, 3.63) is 40.4 Å². The van der Waals surface area contributed by atoms with E-state index in [0.717, 1.165) is 40.1 Å². The fourth-order valence-corrected chi connectivity index (χ4v) is 3.32. The lowest BCUT2D eigenvalue weighted by molar-refractivity contribution is 0.179. The van der Waals surface area contributed by atoms with Crippen molar-refractivity contribution in [1.82, 2.24) is 4.98 Å². The number of aliphatic hydroxyl groups is 1. The van der Waals surface area contributed by atoms with E-state index in [1.54, 1.807) is 7.11 Å². The molecule has 0 unspecified atom stereocenters. The smallest absolute Gasteiger partial charge is 0.186 e. The lowest BCUT2D eigenvalue weighted by Crippen LogP contribution is -2.25. The highest BCUT2D eigenvalue weighted by atomic mass is 32.1. The molecular formula is C15H18N2O3S. The quantitative estimate of drug-likeness (QED) is 0.938. The van der Waals surface area contributed by atoms with Crippen LogP contribution in [0.25, 0.3) is 0 Å². The van der Waals surface area contributed by atoms with Crippen LogP contribution in [-0.2, 0) is 24.5 Å². The Morgan fingerprint density at radius 2 is 2.29 bits per heavy atom. The van der Waals surface area contributed by atoms with E-state index in [1.165, 1.54) is 11.3 Å². The third-order valence-electron chi connectivity index (χ3n) is 3.41. The first-order valence-electron chi connectivity index (χ1n) is 6.86. The number of hydrogen-bond donors (Lipinski definition) is 1. The van der Waals surface area contributed by atoms with Gasteiger partial charge >= 0.3 is 0 Å². The summed E-state index contributed by atoms with van der Waals surface area (Å²) in [6, 6.07) is 8.07. The molecule has 1 aromatic carbocycles. The Balaban J connectivity index is 1.87. The van der Waals surface area contributed by atoms with Crippen molar-refractivity contribution in [2.75, 3.05) is 25.2 Å². The number of para-hydroxylation sites is 1. The second-order valence-electron chi connectivity index (χ2n) is 4.84. The van der Waals surface area contributed by atoms with Crippen molar-refractivity contribution in [2.24, 2.45) is 0 Å². The van der Waals surface area contributed by atoms with Crippen LogP contribution in [-0.4, -0.2) is 30.4 Å². The van der Waals surface area contributed by atoms with Gasteiger partial charge in [-0.3, -0.25) is 0 Å². The molecule has 5 nitrogen and oxygen atoms in total. The standard InChI is InChI=1S/C15H18N2O3S/c1-19-10-12-14(9-18)21-15(16-12)17-6-7-20-13-5-3-2-4-11(13)8-17/h2-5,18H,6-10H2,1H3. The zero-order chi connectivity index (χ0) is 14.7. The third kappa shape index (κ3) is 3.02. The fourth-order valence-electron chi connectivity index (χ4n) is 2.37. The maximum Gasteiger partial charge on any atom is 0.186 e. The van der Waals surface area contributed by atoms with Crippen LogP contribution in [0.2, 0.25) is 0 Å². The molecule has 2 aromatic rings. The Kier molecular flexibility index (Phi) is 4.38. The lowest BCUT2D eigenvalue weighted by Gasteiger charge is -2.18. The van der Waals surface area contributed by atoms with Crippen LogP contribution in [0.5, 0.6) is 5.75 Å². The topological polar surface area (TPSA) is 54.8 Å². The van der Waals surface area contributed by atoms with Gasteiger partial charge in [-0.15, -0.1) is 0 Å². The van der Waals surface area contributed by atoms with E-state index < -0.39 is 0 Å². The van der Waals surface area contributed by atoms with Gasteiger partial charge in [0, 0.05) is 19.2 Å². The predicted octanol–water partition coefficient (Wildman–Crippen LogP) is 2.18. The van der Waals surface area contributed by atoms with Crippen molar-refractivity contribution >= 4 is 16.5 Å². The lowest BCUT2D eigenvalue weighted by atomic mass is 10.2. The first kappa shape index (κ1) is 14.3. The van der Waals surface area contributed by atoms with Gasteiger partial charge in [-0.25, -0.2) is 4.98 Å². The molecule has 0 saturated heterocycles. The highest BCUT2D eigenvalue weighted by Crippen LogP contribution is 2.31. The molecule has 3 rings (SSSR count). The molecule has 0 bridgehead atoms. The average molecular weight is 306 g/mol. The van der Waals surface area contributed by atoms with E-state index in [4.69, 9.17) is 9.47 Å². The molecule has 21 heavy (non-hydrogen) atoms. The van der Waals surface area contributed by atoms with E-state index in [0.29, 0.717) is 13.2 Å². The third-order valence-corrected chi connectivity index (χ3v) is 4.56. The van der Waals surface area contributed by atoms with Crippen LogP contribution in [0.1, 0.15) is 16.1 Å². The van der Waals surface area contributed by atoms with Gasteiger partial charge in [-0.1, -0.05) is 29.5 Å². The molecule has 112 valence electrons. The molecule has 0 atom stereocenters. The Hall–Kier alpha value is -1.63. The molecule has 0 radical (unpaired) electrons. The molecule has 0 aliphatic carbocycles. The number of aliphatic hydroxyl groups excluding tert-OH is 1. The Morgan fingerprint density at radius 3 is 3.10 bits per heavy atom. The van der Waals surface area contributed by atoms with Crippen molar-refractivity contribution in [1.29, 1.82) is 0 Å². The largest absolute Gasteiger partial charge is 0.491 e. The summed E-state index contributed by atoms with van der Waals surface area (Å²) in [5.41, 5.74) is 1.97. The first-order chi connectivity index (χ1) is 10.3. The Morgan fingerprint density at radius 1 is 1.43 bits per heavy atom. The summed E-state index contributed by atoms with van der Waals surface area (Å²) >= 11 is 1.52. The minimum Gasteiger partial charge on any atom is -0.491 e. The number of anilines is 1. The van der Waals surface area contributed by atoms with Crippen LogP contribution in [0.3, 0.4) is 0 Å². The van der Waals surface area contributed by atoms with Crippen LogP contribution in [0, 0.1) is 0 Å². The minimum atomic E-state index is -0.00269. The Labute approximate surface area is 127 Å². The summed E-state index contributed by atoms with van der Waals surface area (Å²) in [6.07, 6.45) is 0. The number of nitrogens with zero attached hydrogens (tertiary/aromatic N) is 2. The monoisotopic (exact) mass is 306 g/mol. The average Bonchev–Trinajstić information content (AvgIpc) is 2.78. The molecule has 0 fully saturated rings. The van der Waals surface area contributed by atoms with Crippen LogP contribution in [0.4, 0.5) is 5.13 Å². The molecular weight excluding hydrogens is 288 g/mol. The maximum absolute atomic E-state index is 9.44. The Bertz CT molecular complexity index is 615. The predicted molar refractivity (Wildman–Crippen MR) is 81.7 cm³/mol. The van der Waals surface area contributed by atoms with Gasteiger partial charge in [-0.05, 0) is 6.07 Å². The molecule has 0 spiro atoms. The van der Waals surface area contributed by atoms with Crippen LogP contribution < -0.4 is 9.64 Å². The van der Waals surface area contributed by atoms with E-state index in [9.17, 15) is 5.11 Å². The van der Waals surface area contributed by atoms with Gasteiger partial charge in [0.2, 0.25) is 0 Å². The number of thiazole rings is 1. The second kappa shape index (κ2) is 6.43. The van der Waals surface area contributed by atoms with Gasteiger partial charge in [0.15, 0.2) is 5.13 Å². The number of methoxy groups -OCH3 is 1. The van der Waals surface area contributed by atoms with Gasteiger partial charge < -0.3 is 19.5 Å². The van der Waals surface area contributed by atoms with E-state index in [-0.39, 0.29) is 6.61 Å². The summed E-state index contributed by atoms with van der Waals surface area (Å²) in [7, 11) is 1.64. The van der Waals surface area contributed by atoms with E-state index in [2.05, 4.69) is 16.0 Å². The number of hydrogen-bond acceptors (Lipinski definition) is 6. The first-order valence-corrected chi connectivity index (χ1v) is 7.67. The fraction of sp³-hybridized carbons (Fsp3) is 0.400. The maximum atomic E-state index is 9.44. The van der Waals surface area contributed by atoms with Crippen molar-refractivity contribution in [3.63, 3.8) is 0 Å². The summed E-state index contributed by atoms with van der Waals surface area (Å²) in [5, 5.41) is 10.4. The number of fused-ring (bicyclic) bond motifs is 1. The van der Waals surface area contributed by atoms with Gasteiger partial charge in [0.1, 0.15) is 12.4 Å². The zero-order valence-electron chi connectivity index (χ0n) is 11.9. The minimum absolute atomic E-state index is 0.00269. The van der Waals surface area contributed by atoms with Crippen molar-refractivity contribution in [3.8, 4) is 5.75 Å². The highest BCUT2D eigenvalue weighted by Gasteiger charge is 2.20. The summed E-state index contributed by atoms with van der Waals surface area (Å²) < 4.78 is 10.9. The number of benzene rings is 1. The van der Waals surface area contributed by atoms with Crippen LogP contribution >= 0.6 is 11.3 Å². The summed E-state index contributed by atoms with van der Waals surface area (Å²) in [6.45, 7) is 2.59. The molecule has 0 saturated carbocycles. The molecule has 1 aliphatic rings. The molecule has 6 heteroatoms. The normalized spacial score (nSPS) is 14.5. The van der Waals surface area contributed by atoms with Gasteiger partial charge in [0.25, 0.3) is 0 Å². The van der Waals surface area contributed by atoms with Crippen molar-refractivity contribution in [2.45, 2.75) is 19.8 Å². The SMILES string of the molecule is COCc1nc(N2CCOc3ccccc3C2)sc1CO. The van der Waals surface area contributed by atoms with E-state index in [1.807, 2.05) is 18.2 Å². The van der Waals surface area contributed by atoms with Gasteiger partial charge in [-0.2, -0.15) is 0 Å². The second-order valence-corrected chi connectivity index (χ2v) is 5.90. The molecule has 2 heterocycles.